The minimum absolute atomic E-state index is 0. The zero-order chi connectivity index (χ0) is 50.9. The van der Waals surface area contributed by atoms with Gasteiger partial charge in [0.1, 0.15) is 18.9 Å². The fourth-order valence-electron chi connectivity index (χ4n) is 5.38. The molecule has 0 radical (unpaired) electrons. The van der Waals surface area contributed by atoms with Crippen molar-refractivity contribution in [2.75, 3.05) is 125 Å². The van der Waals surface area contributed by atoms with Gasteiger partial charge < -0.3 is 85.6 Å². The first-order valence-electron chi connectivity index (χ1n) is 22.6. The summed E-state index contributed by atoms with van der Waals surface area (Å²) >= 11 is 0. The molecular formula is C44H72N7O18W-. The number of nitrogens with zero attached hydrogens (tertiary/aromatic N) is 1. The molecule has 1 aliphatic rings. The van der Waals surface area contributed by atoms with Crippen molar-refractivity contribution in [3.05, 3.63) is 47.7 Å². The zero-order valence-electron chi connectivity index (χ0n) is 40.0. The molecule has 1 aromatic carbocycles. The largest absolute Gasteiger partial charge is 0.699 e. The Hall–Kier alpha value is -4.82. The van der Waals surface area contributed by atoms with Crippen LogP contribution in [0.3, 0.4) is 0 Å². The van der Waals surface area contributed by atoms with E-state index in [1.807, 2.05) is 0 Å². The van der Waals surface area contributed by atoms with Gasteiger partial charge in [-0.1, -0.05) is 38.1 Å². The van der Waals surface area contributed by atoms with Crippen LogP contribution in [0.1, 0.15) is 45.1 Å². The minimum Gasteiger partial charge on any atom is -0.699 e. The number of amides is 7. The van der Waals surface area contributed by atoms with Gasteiger partial charge in [-0.25, -0.2) is 9.59 Å². The molecule has 25 nitrogen and oxygen atoms in total. The number of nitrogens with two attached hydrogens (primary N) is 1. The van der Waals surface area contributed by atoms with Gasteiger partial charge in [-0.15, -0.1) is 5.69 Å². The molecule has 70 heavy (non-hydrogen) atoms. The number of imide groups is 1. The third kappa shape index (κ3) is 37.1. The summed E-state index contributed by atoms with van der Waals surface area (Å²) in [5.74, 6) is -2.16. The molecule has 0 fully saturated rings. The number of carboxylic acid groups (broad SMARTS) is 1. The third-order valence-corrected chi connectivity index (χ3v) is 8.95. The van der Waals surface area contributed by atoms with Crippen molar-refractivity contribution in [2.24, 2.45) is 11.7 Å². The average Bonchev–Trinajstić information content (AvgIpc) is 3.63. The quantitative estimate of drug-likeness (QED) is 0.0204. The van der Waals surface area contributed by atoms with Crippen molar-refractivity contribution in [3.8, 4) is 0 Å². The summed E-state index contributed by atoms with van der Waals surface area (Å²) in [6.07, 6.45) is 0.674. The van der Waals surface area contributed by atoms with E-state index in [1.54, 1.807) is 38.1 Å². The maximum absolute atomic E-state index is 12.5. The molecule has 1 aliphatic heterocycles. The molecule has 7 amide bonds. The van der Waals surface area contributed by atoms with Gasteiger partial charge in [-0.2, -0.15) is 0 Å². The predicted molar refractivity (Wildman–Crippen MR) is 246 cm³/mol. The Morgan fingerprint density at radius 3 is 1.54 bits per heavy atom. The standard InChI is InChI=1S/C36H64N6O15.C8H8NO3.W/c1-28(2)34(35(48)41-30(44)4-3-9-39-36(37)49)40-31(45)8-12-50-14-16-52-18-20-54-22-24-56-26-27-57-25-23-55-21-19-53-17-15-51-13-10-38-29(43)7-11-42-32(46)5-6-33(42)47;9-7-3-1-6(2-4-7)5-12-8(10)11;/h5-6,28,30,34,44H,3-4,7-27H2,1-2H3,(H,38,43)(H,40,45)(H,41,48)(H3,37,39,49);1-4,9H,5H2,(H,10,11);/q;-1;. The van der Waals surface area contributed by atoms with Crippen molar-refractivity contribution in [1.29, 1.82) is 0 Å². The first-order chi connectivity index (χ1) is 33.2. The van der Waals surface area contributed by atoms with Crippen molar-refractivity contribution in [2.45, 2.75) is 58.4 Å². The molecule has 0 saturated carbocycles. The average molecular weight is 1170 g/mol. The van der Waals surface area contributed by atoms with Crippen molar-refractivity contribution in [1.82, 2.24) is 26.2 Å². The molecule has 0 aromatic heterocycles. The first-order valence-corrected chi connectivity index (χ1v) is 22.6. The number of carbonyl (C=O) groups is 7. The number of aliphatic hydroxyl groups excluding tert-OH is 1. The Bertz CT molecular complexity index is 1630. The van der Waals surface area contributed by atoms with Gasteiger partial charge in [0.25, 0.3) is 11.8 Å². The number of hydrogen-bond donors (Lipinski definition) is 7. The van der Waals surface area contributed by atoms with Gasteiger partial charge >= 0.3 is 12.2 Å². The van der Waals surface area contributed by atoms with Crippen molar-refractivity contribution in [3.63, 3.8) is 0 Å². The maximum atomic E-state index is 12.5. The van der Waals surface area contributed by atoms with Crippen LogP contribution in [-0.4, -0.2) is 194 Å². The SMILES string of the molecule is CC(C)C(NC(=O)CCOCCOCCOCCOCCOCCOCCOCCOCCNC(=O)CCN1C(=O)C=CC1=O)C(=O)NC(O)CCCNC(N)=O.[NH-]c1ccc(COC(=O)O)cc1.[W]. The minimum atomic E-state index is -1.29. The third-order valence-electron chi connectivity index (χ3n) is 8.95. The summed E-state index contributed by atoms with van der Waals surface area (Å²) in [6.45, 7) is 10.2. The molecule has 26 heteroatoms. The van der Waals surface area contributed by atoms with Crippen molar-refractivity contribution >= 4 is 47.4 Å². The number of carbonyl (C=O) groups excluding carboxylic acids is 6. The molecule has 2 unspecified atom stereocenters. The smallest absolute Gasteiger partial charge is 0.506 e. The number of primary amides is 1. The Kier molecular flexibility index (Phi) is 40.0. The predicted octanol–water partition coefficient (Wildman–Crippen LogP) is 0.527. The molecule has 398 valence electrons. The van der Waals surface area contributed by atoms with Gasteiger partial charge in [-0.05, 0) is 24.3 Å². The fourth-order valence-corrected chi connectivity index (χ4v) is 5.38. The summed E-state index contributed by atoms with van der Waals surface area (Å²) in [5, 5.41) is 28.4. The fraction of sp³-hybridized carbons (Fsp3) is 0.659. The molecule has 0 spiro atoms. The molecule has 1 aromatic rings. The van der Waals surface area contributed by atoms with Crippen LogP contribution in [0, 0.1) is 5.92 Å². The number of rotatable bonds is 40. The summed E-state index contributed by atoms with van der Waals surface area (Å²) < 4.78 is 47.8. The Labute approximate surface area is 422 Å². The van der Waals surface area contributed by atoms with E-state index < -0.39 is 42.2 Å². The topological polar surface area (TPSA) is 344 Å². The Balaban J connectivity index is 0.00000317. The second-order valence-electron chi connectivity index (χ2n) is 14.9. The molecule has 0 saturated heterocycles. The molecule has 0 bridgehead atoms. The maximum Gasteiger partial charge on any atom is 0.506 e. The summed E-state index contributed by atoms with van der Waals surface area (Å²) in [6, 6.07) is 4.99. The molecule has 0 aliphatic carbocycles. The van der Waals surface area contributed by atoms with Crippen LogP contribution in [0.4, 0.5) is 15.3 Å². The van der Waals surface area contributed by atoms with Gasteiger partial charge in [-0.3, -0.25) is 28.9 Å². The van der Waals surface area contributed by atoms with Crippen LogP contribution in [0.2, 0.25) is 0 Å². The second kappa shape index (κ2) is 43.0. The number of aliphatic hydroxyl groups is 1. The van der Waals surface area contributed by atoms with Crippen LogP contribution < -0.4 is 27.0 Å². The summed E-state index contributed by atoms with van der Waals surface area (Å²) in [4.78, 5) is 81.3. The van der Waals surface area contributed by atoms with E-state index in [0.29, 0.717) is 118 Å². The Morgan fingerprint density at radius 1 is 0.643 bits per heavy atom. The van der Waals surface area contributed by atoms with Gasteiger partial charge in [0, 0.05) is 65.7 Å². The number of ether oxygens (including phenoxy) is 9. The van der Waals surface area contributed by atoms with Crippen LogP contribution in [0.5, 0.6) is 0 Å². The number of urea groups is 1. The molecule has 2 atom stereocenters. The van der Waals surface area contributed by atoms with Gasteiger partial charge in [0.05, 0.1) is 106 Å². The van der Waals surface area contributed by atoms with E-state index in [2.05, 4.69) is 26.0 Å². The van der Waals surface area contributed by atoms with Crippen LogP contribution in [0.15, 0.2) is 36.4 Å². The van der Waals surface area contributed by atoms with Crippen LogP contribution >= 0.6 is 0 Å². The molecular weight excluding hydrogens is 1100 g/mol. The molecule has 2 rings (SSSR count). The number of benzene rings is 1. The second-order valence-corrected chi connectivity index (χ2v) is 14.9. The number of nitrogens with one attached hydrogen (secondary N) is 5. The first kappa shape index (κ1) is 65.2. The Morgan fingerprint density at radius 2 is 1.10 bits per heavy atom. The summed E-state index contributed by atoms with van der Waals surface area (Å²) in [5.41, 5.74) is 13.3. The van der Waals surface area contributed by atoms with E-state index in [9.17, 15) is 38.7 Å². The van der Waals surface area contributed by atoms with E-state index in [1.165, 1.54) is 12.2 Å². The van der Waals surface area contributed by atoms with Crippen LogP contribution in [-0.2, 0) is 94.3 Å². The normalized spacial score (nSPS) is 12.7. The van der Waals surface area contributed by atoms with E-state index in [4.69, 9.17) is 54.5 Å². The van der Waals surface area contributed by atoms with E-state index >= 15 is 0 Å². The molecule has 1 heterocycles. The van der Waals surface area contributed by atoms with Crippen molar-refractivity contribution < 1.29 is 107 Å². The van der Waals surface area contributed by atoms with E-state index in [0.717, 1.165) is 10.5 Å². The zero-order valence-corrected chi connectivity index (χ0v) is 43.0. The van der Waals surface area contributed by atoms with Gasteiger partial charge in [0.15, 0.2) is 0 Å². The van der Waals surface area contributed by atoms with Gasteiger partial charge in [0.2, 0.25) is 17.7 Å². The molecule has 9 N–H and O–H groups in total. The van der Waals surface area contributed by atoms with E-state index in [-0.39, 0.29) is 84.4 Å². The van der Waals surface area contributed by atoms with Crippen LogP contribution in [0.25, 0.3) is 5.73 Å². The number of hydrogen-bond acceptors (Lipinski definition) is 17. The monoisotopic (exact) mass is 1170 g/mol. The summed E-state index contributed by atoms with van der Waals surface area (Å²) in [7, 11) is 0.